The number of fused-ring (bicyclic) bond motifs is 2. The summed E-state index contributed by atoms with van der Waals surface area (Å²) < 4.78 is 0. The number of benzene rings is 2. The zero-order chi connectivity index (χ0) is 15.8. The predicted octanol–water partition coefficient (Wildman–Crippen LogP) is 1.58. The van der Waals surface area contributed by atoms with Crippen molar-refractivity contribution in [3.63, 3.8) is 0 Å². The summed E-state index contributed by atoms with van der Waals surface area (Å²) in [4.78, 5) is 12.7. The van der Waals surface area contributed by atoms with Crippen molar-refractivity contribution in [1.82, 2.24) is 0 Å². The van der Waals surface area contributed by atoms with Gasteiger partial charge in [0.1, 0.15) is 0 Å². The topological polar surface area (TPSA) is 40.1 Å². The highest BCUT2D eigenvalue weighted by Gasteiger charge is 2.19. The van der Waals surface area contributed by atoms with Crippen molar-refractivity contribution in [2.75, 3.05) is 0 Å². The first kappa shape index (κ1) is 13.5. The van der Waals surface area contributed by atoms with Gasteiger partial charge in [-0.1, -0.05) is 78.6 Å². The van der Waals surface area contributed by atoms with Crippen molar-refractivity contribution in [2.24, 2.45) is 0 Å². The minimum atomic E-state index is -0.0845. The largest absolute Gasteiger partial charge is 0.872 e. The van der Waals surface area contributed by atoms with Crippen LogP contribution in [-0.4, -0.2) is 5.78 Å². The molecule has 2 aliphatic carbocycles. The molecule has 2 nitrogen and oxygen atoms in total. The zero-order valence-corrected chi connectivity index (χ0v) is 12.3. The molecular formula is C21H13O2-. The van der Waals surface area contributed by atoms with E-state index in [2.05, 4.69) is 0 Å². The van der Waals surface area contributed by atoms with E-state index >= 15 is 0 Å². The first-order chi connectivity index (χ1) is 11.2. The summed E-state index contributed by atoms with van der Waals surface area (Å²) in [6.45, 7) is 0. The lowest BCUT2D eigenvalue weighted by molar-refractivity contribution is -0.245. The second kappa shape index (κ2) is 5.25. The van der Waals surface area contributed by atoms with Gasteiger partial charge in [-0.2, -0.15) is 0 Å². The summed E-state index contributed by atoms with van der Waals surface area (Å²) in [6.07, 6.45) is 11.9. The Kier molecular flexibility index (Phi) is 3.09. The van der Waals surface area contributed by atoms with Crippen LogP contribution in [0.5, 0.6) is 0 Å². The Labute approximate surface area is 133 Å². The molecule has 0 unspecified atom stereocenters. The molecular weight excluding hydrogens is 284 g/mol. The predicted molar refractivity (Wildman–Crippen MR) is 88.9 cm³/mol. The molecule has 0 amide bonds. The average Bonchev–Trinajstić information content (AvgIpc) is 3.11. The maximum atomic E-state index is 12.7. The molecule has 0 saturated carbocycles. The minimum absolute atomic E-state index is 0.0817. The lowest BCUT2D eigenvalue weighted by atomic mass is 9.89. The fourth-order valence-corrected chi connectivity index (χ4v) is 2.91. The van der Waals surface area contributed by atoms with Crippen LogP contribution in [0, 0.1) is 0 Å². The van der Waals surface area contributed by atoms with Crippen molar-refractivity contribution in [1.29, 1.82) is 0 Å². The van der Waals surface area contributed by atoms with Crippen LogP contribution in [0.25, 0.3) is 11.8 Å². The van der Waals surface area contributed by atoms with Crippen molar-refractivity contribution in [2.45, 2.75) is 0 Å². The van der Waals surface area contributed by atoms with Crippen molar-refractivity contribution in [3.05, 3.63) is 106 Å². The van der Waals surface area contributed by atoms with Gasteiger partial charge in [0, 0.05) is 11.1 Å². The molecule has 2 aromatic carbocycles. The summed E-state index contributed by atoms with van der Waals surface area (Å²) in [7, 11) is 0. The van der Waals surface area contributed by atoms with Crippen LogP contribution in [0.15, 0.2) is 78.4 Å². The molecule has 0 aliphatic heterocycles. The van der Waals surface area contributed by atoms with E-state index in [4.69, 9.17) is 0 Å². The molecule has 0 N–H and O–H groups in total. The number of carbonyl (C=O) groups is 1. The summed E-state index contributed by atoms with van der Waals surface area (Å²) in [5.41, 5.74) is 2.57. The van der Waals surface area contributed by atoms with Gasteiger partial charge in [-0.25, -0.2) is 0 Å². The molecule has 23 heavy (non-hydrogen) atoms. The zero-order valence-electron chi connectivity index (χ0n) is 12.3. The monoisotopic (exact) mass is 297 g/mol. The maximum absolute atomic E-state index is 12.7. The normalized spacial score (nSPS) is 15.8. The number of rotatable bonds is 1. The standard InChI is InChI=1S/C21H14O2/c22-20-16-7-3-4-8-17(16)21(23)19-13-15(11-12-18(19)20)10-9-14-5-1-2-6-14/h1-13,22H/p-1. The molecule has 0 atom stereocenters. The summed E-state index contributed by atoms with van der Waals surface area (Å²) >= 11 is 0. The number of allylic oxidation sites excluding steroid dienone is 6. The van der Waals surface area contributed by atoms with Crippen LogP contribution < -0.4 is 15.5 Å². The van der Waals surface area contributed by atoms with E-state index in [1.54, 1.807) is 36.4 Å². The highest BCUT2D eigenvalue weighted by molar-refractivity contribution is 6.13. The SMILES string of the molecule is O=C1c2ccccc2C([O-])=c2ccc(=CC=C3C=CC=C3)cc21. The highest BCUT2D eigenvalue weighted by atomic mass is 16.3. The Morgan fingerprint density at radius 1 is 0.826 bits per heavy atom. The van der Waals surface area contributed by atoms with Gasteiger partial charge < -0.3 is 5.11 Å². The Hall–Kier alpha value is -3.13. The molecule has 0 bridgehead atoms. The molecule has 0 radical (unpaired) electrons. The van der Waals surface area contributed by atoms with Crippen molar-refractivity contribution >= 4 is 17.6 Å². The molecule has 0 fully saturated rings. The molecule has 2 heteroatoms. The van der Waals surface area contributed by atoms with Crippen LogP contribution in [0.3, 0.4) is 0 Å². The molecule has 0 aromatic heterocycles. The lowest BCUT2D eigenvalue weighted by Gasteiger charge is -2.22. The van der Waals surface area contributed by atoms with Gasteiger partial charge in [-0.3, -0.25) is 4.79 Å². The molecule has 0 saturated heterocycles. The van der Waals surface area contributed by atoms with Gasteiger partial charge >= 0.3 is 0 Å². The second-order valence-corrected chi connectivity index (χ2v) is 5.56. The Bertz CT molecular complexity index is 1020. The average molecular weight is 297 g/mol. The van der Waals surface area contributed by atoms with E-state index in [1.165, 1.54) is 0 Å². The molecule has 4 rings (SSSR count). The van der Waals surface area contributed by atoms with Gasteiger partial charge in [-0.05, 0) is 27.6 Å². The number of ketones is 1. The van der Waals surface area contributed by atoms with Crippen LogP contribution >= 0.6 is 0 Å². The van der Waals surface area contributed by atoms with Gasteiger partial charge in [0.15, 0.2) is 5.78 Å². The van der Waals surface area contributed by atoms with E-state index in [1.807, 2.05) is 42.5 Å². The maximum Gasteiger partial charge on any atom is 0.194 e. The fraction of sp³-hybridized carbons (Fsp3) is 0. The quantitative estimate of drug-likeness (QED) is 0.802. The number of hydrogen-bond acceptors (Lipinski definition) is 2. The first-order valence-corrected chi connectivity index (χ1v) is 7.46. The molecule has 110 valence electrons. The Morgan fingerprint density at radius 3 is 2.35 bits per heavy atom. The molecule has 2 aliphatic rings. The Morgan fingerprint density at radius 2 is 1.57 bits per heavy atom. The summed E-state index contributed by atoms with van der Waals surface area (Å²) in [5.74, 6) is -0.166. The van der Waals surface area contributed by atoms with Crippen LogP contribution in [0.2, 0.25) is 0 Å². The third-order valence-electron chi connectivity index (χ3n) is 4.11. The van der Waals surface area contributed by atoms with Gasteiger partial charge in [-0.15, -0.1) is 0 Å². The van der Waals surface area contributed by atoms with E-state index in [0.717, 1.165) is 10.8 Å². The second-order valence-electron chi connectivity index (χ2n) is 5.56. The lowest BCUT2D eigenvalue weighted by Crippen LogP contribution is -2.31. The third kappa shape index (κ3) is 2.25. The van der Waals surface area contributed by atoms with E-state index in [0.29, 0.717) is 21.9 Å². The van der Waals surface area contributed by atoms with Crippen LogP contribution in [0.4, 0.5) is 0 Å². The van der Waals surface area contributed by atoms with Crippen molar-refractivity contribution in [3.8, 4) is 0 Å². The molecule has 2 aromatic rings. The highest BCUT2D eigenvalue weighted by Crippen LogP contribution is 2.20. The third-order valence-corrected chi connectivity index (χ3v) is 4.11. The van der Waals surface area contributed by atoms with Gasteiger partial charge in [0.2, 0.25) is 0 Å². The van der Waals surface area contributed by atoms with E-state index in [-0.39, 0.29) is 11.5 Å². The van der Waals surface area contributed by atoms with Gasteiger partial charge in [0.25, 0.3) is 0 Å². The fourth-order valence-electron chi connectivity index (χ4n) is 2.91. The van der Waals surface area contributed by atoms with E-state index < -0.39 is 0 Å². The Balaban J connectivity index is 1.90. The molecule has 0 heterocycles. The van der Waals surface area contributed by atoms with Crippen LogP contribution in [0.1, 0.15) is 21.5 Å². The smallest absolute Gasteiger partial charge is 0.194 e. The number of carbonyl (C=O) groups excluding carboxylic acids is 1. The number of hydrogen-bond donors (Lipinski definition) is 0. The van der Waals surface area contributed by atoms with Gasteiger partial charge in [0.05, 0.1) is 0 Å². The van der Waals surface area contributed by atoms with Crippen molar-refractivity contribution < 1.29 is 9.90 Å². The summed E-state index contributed by atoms with van der Waals surface area (Å²) in [5, 5.41) is 13.9. The van der Waals surface area contributed by atoms with Crippen LogP contribution in [-0.2, 0) is 0 Å². The summed E-state index contributed by atoms with van der Waals surface area (Å²) in [6, 6.07) is 12.4. The van der Waals surface area contributed by atoms with E-state index in [9.17, 15) is 9.90 Å². The molecule has 0 spiro atoms. The minimum Gasteiger partial charge on any atom is -0.872 e. The first-order valence-electron chi connectivity index (χ1n) is 7.46.